The molecule has 0 saturated carbocycles. The summed E-state index contributed by atoms with van der Waals surface area (Å²) in [5.41, 5.74) is 0.982. The standard InChI is InChI=1S/C15H23Cl2NO2/c1-3-4-5-7-20-15-12(11-18-6-8-19-2)9-13(16)10-14(15)17/h9-10,18H,3-8,11H2,1-2H3. The number of benzene rings is 1. The molecule has 1 aromatic carbocycles. The van der Waals surface area contributed by atoms with Crippen molar-refractivity contribution in [3.63, 3.8) is 0 Å². The van der Waals surface area contributed by atoms with E-state index in [1.54, 1.807) is 13.2 Å². The van der Waals surface area contributed by atoms with Crippen LogP contribution in [0.25, 0.3) is 0 Å². The van der Waals surface area contributed by atoms with Gasteiger partial charge in [-0.2, -0.15) is 0 Å². The van der Waals surface area contributed by atoms with E-state index >= 15 is 0 Å². The van der Waals surface area contributed by atoms with Gasteiger partial charge in [0.1, 0.15) is 5.75 Å². The van der Waals surface area contributed by atoms with E-state index in [0.29, 0.717) is 29.8 Å². The van der Waals surface area contributed by atoms with Gasteiger partial charge in [0.2, 0.25) is 0 Å². The zero-order valence-corrected chi connectivity index (χ0v) is 13.7. The summed E-state index contributed by atoms with van der Waals surface area (Å²) in [4.78, 5) is 0. The molecule has 5 heteroatoms. The minimum atomic E-state index is 0.567. The minimum Gasteiger partial charge on any atom is -0.492 e. The second kappa shape index (κ2) is 10.3. The molecule has 0 atom stereocenters. The van der Waals surface area contributed by atoms with Crippen molar-refractivity contribution in [2.24, 2.45) is 0 Å². The van der Waals surface area contributed by atoms with E-state index in [2.05, 4.69) is 12.2 Å². The van der Waals surface area contributed by atoms with Crippen LogP contribution in [0.15, 0.2) is 12.1 Å². The van der Waals surface area contributed by atoms with E-state index in [0.717, 1.165) is 30.7 Å². The zero-order valence-electron chi connectivity index (χ0n) is 12.2. The third-order valence-electron chi connectivity index (χ3n) is 2.88. The number of rotatable bonds is 10. The first-order valence-corrected chi connectivity index (χ1v) is 7.75. The molecular formula is C15H23Cl2NO2. The van der Waals surface area contributed by atoms with Crippen LogP contribution >= 0.6 is 23.2 Å². The van der Waals surface area contributed by atoms with Crippen molar-refractivity contribution in [2.75, 3.05) is 26.9 Å². The van der Waals surface area contributed by atoms with Gasteiger partial charge in [0.15, 0.2) is 0 Å². The van der Waals surface area contributed by atoms with Crippen LogP contribution in [0.1, 0.15) is 31.7 Å². The molecule has 0 aromatic heterocycles. The first-order chi connectivity index (χ1) is 9.69. The largest absolute Gasteiger partial charge is 0.492 e. The molecule has 0 aliphatic heterocycles. The van der Waals surface area contributed by atoms with Crippen molar-refractivity contribution >= 4 is 23.2 Å². The van der Waals surface area contributed by atoms with Gasteiger partial charge in [-0.1, -0.05) is 43.0 Å². The van der Waals surface area contributed by atoms with E-state index in [1.807, 2.05) is 6.07 Å². The van der Waals surface area contributed by atoms with Crippen LogP contribution in [0.4, 0.5) is 0 Å². The molecule has 0 radical (unpaired) electrons. The van der Waals surface area contributed by atoms with Crippen molar-refractivity contribution in [3.05, 3.63) is 27.7 Å². The zero-order chi connectivity index (χ0) is 14.8. The van der Waals surface area contributed by atoms with Crippen molar-refractivity contribution in [1.29, 1.82) is 0 Å². The summed E-state index contributed by atoms with van der Waals surface area (Å²) >= 11 is 12.3. The van der Waals surface area contributed by atoms with Gasteiger partial charge >= 0.3 is 0 Å². The lowest BCUT2D eigenvalue weighted by Gasteiger charge is -2.14. The van der Waals surface area contributed by atoms with Gasteiger partial charge in [0.25, 0.3) is 0 Å². The van der Waals surface area contributed by atoms with Gasteiger partial charge in [-0.05, 0) is 18.6 Å². The summed E-state index contributed by atoms with van der Waals surface area (Å²) in [5.74, 6) is 0.733. The summed E-state index contributed by atoms with van der Waals surface area (Å²) in [6.07, 6.45) is 3.36. The number of nitrogens with one attached hydrogen (secondary N) is 1. The Kier molecular flexibility index (Phi) is 9.03. The predicted octanol–water partition coefficient (Wildman–Crippen LogP) is 4.30. The smallest absolute Gasteiger partial charge is 0.142 e. The summed E-state index contributed by atoms with van der Waals surface area (Å²) in [6.45, 7) is 4.95. The highest BCUT2D eigenvalue weighted by molar-refractivity contribution is 6.35. The molecule has 0 saturated heterocycles. The maximum absolute atomic E-state index is 6.23. The Bertz CT molecular complexity index is 400. The van der Waals surface area contributed by atoms with Gasteiger partial charge in [-0.25, -0.2) is 0 Å². The number of ether oxygens (including phenoxy) is 2. The summed E-state index contributed by atoms with van der Waals surface area (Å²) in [6, 6.07) is 3.61. The monoisotopic (exact) mass is 319 g/mol. The Morgan fingerprint density at radius 3 is 2.65 bits per heavy atom. The molecule has 20 heavy (non-hydrogen) atoms. The molecule has 1 aromatic rings. The van der Waals surface area contributed by atoms with E-state index in [9.17, 15) is 0 Å². The number of methoxy groups -OCH3 is 1. The van der Waals surface area contributed by atoms with Gasteiger partial charge in [0.05, 0.1) is 18.2 Å². The first-order valence-electron chi connectivity index (χ1n) is 6.99. The van der Waals surface area contributed by atoms with Gasteiger partial charge in [-0.3, -0.25) is 0 Å². The highest BCUT2D eigenvalue weighted by Gasteiger charge is 2.10. The van der Waals surface area contributed by atoms with Crippen molar-refractivity contribution in [1.82, 2.24) is 5.32 Å². The lowest BCUT2D eigenvalue weighted by Crippen LogP contribution is -2.19. The van der Waals surface area contributed by atoms with Gasteiger partial charge in [-0.15, -0.1) is 0 Å². The lowest BCUT2D eigenvalue weighted by molar-refractivity contribution is 0.199. The van der Waals surface area contributed by atoms with Crippen molar-refractivity contribution in [2.45, 2.75) is 32.7 Å². The number of hydrogen-bond donors (Lipinski definition) is 1. The topological polar surface area (TPSA) is 30.5 Å². The maximum atomic E-state index is 6.23. The Labute approximate surface area is 131 Å². The third kappa shape index (κ3) is 6.31. The molecule has 0 fully saturated rings. The number of hydrogen-bond acceptors (Lipinski definition) is 3. The van der Waals surface area contributed by atoms with E-state index in [-0.39, 0.29) is 0 Å². The van der Waals surface area contributed by atoms with Crippen LogP contribution in [-0.4, -0.2) is 26.9 Å². The molecule has 0 spiro atoms. The molecule has 114 valence electrons. The summed E-state index contributed by atoms with van der Waals surface area (Å²) in [5, 5.41) is 4.47. The Morgan fingerprint density at radius 1 is 1.15 bits per heavy atom. The summed E-state index contributed by atoms with van der Waals surface area (Å²) < 4.78 is 10.8. The molecule has 1 rings (SSSR count). The van der Waals surface area contributed by atoms with Crippen LogP contribution in [-0.2, 0) is 11.3 Å². The highest BCUT2D eigenvalue weighted by Crippen LogP contribution is 2.32. The van der Waals surface area contributed by atoms with Crippen LogP contribution < -0.4 is 10.1 Å². The fraction of sp³-hybridized carbons (Fsp3) is 0.600. The van der Waals surface area contributed by atoms with Gasteiger partial charge in [0, 0.05) is 30.8 Å². The lowest BCUT2D eigenvalue weighted by atomic mass is 10.2. The van der Waals surface area contributed by atoms with Crippen molar-refractivity contribution in [3.8, 4) is 5.75 Å². The predicted molar refractivity (Wildman–Crippen MR) is 85.1 cm³/mol. The molecule has 0 bridgehead atoms. The van der Waals surface area contributed by atoms with E-state index in [1.165, 1.54) is 6.42 Å². The summed E-state index contributed by atoms with van der Waals surface area (Å²) in [7, 11) is 1.68. The molecule has 3 nitrogen and oxygen atoms in total. The highest BCUT2D eigenvalue weighted by atomic mass is 35.5. The second-order valence-electron chi connectivity index (χ2n) is 4.60. The second-order valence-corrected chi connectivity index (χ2v) is 5.44. The molecule has 0 heterocycles. The maximum Gasteiger partial charge on any atom is 0.142 e. The quantitative estimate of drug-likeness (QED) is 0.652. The van der Waals surface area contributed by atoms with Gasteiger partial charge < -0.3 is 14.8 Å². The average molecular weight is 320 g/mol. The Morgan fingerprint density at radius 2 is 1.95 bits per heavy atom. The number of halogens is 2. The molecule has 0 amide bonds. The van der Waals surface area contributed by atoms with Crippen molar-refractivity contribution < 1.29 is 9.47 Å². The molecular weight excluding hydrogens is 297 g/mol. The molecule has 0 unspecified atom stereocenters. The Balaban J connectivity index is 2.63. The molecule has 1 N–H and O–H groups in total. The fourth-order valence-corrected chi connectivity index (χ4v) is 2.42. The molecule has 0 aliphatic carbocycles. The molecule has 0 aliphatic rings. The first kappa shape index (κ1) is 17.6. The van der Waals surface area contributed by atoms with E-state index < -0.39 is 0 Å². The van der Waals surface area contributed by atoms with Crippen LogP contribution in [0.5, 0.6) is 5.75 Å². The average Bonchev–Trinajstić information content (AvgIpc) is 2.41. The van der Waals surface area contributed by atoms with Crippen LogP contribution in [0.3, 0.4) is 0 Å². The fourth-order valence-electron chi connectivity index (χ4n) is 1.83. The van der Waals surface area contributed by atoms with E-state index in [4.69, 9.17) is 32.7 Å². The van der Waals surface area contributed by atoms with Crippen LogP contribution in [0.2, 0.25) is 10.0 Å². The SMILES string of the molecule is CCCCCOc1c(Cl)cc(Cl)cc1CNCCOC. The number of unbranched alkanes of at least 4 members (excludes halogenated alkanes) is 2. The normalized spacial score (nSPS) is 10.8. The minimum absolute atomic E-state index is 0.567. The van der Waals surface area contributed by atoms with Crippen LogP contribution in [0, 0.1) is 0 Å². The third-order valence-corrected chi connectivity index (χ3v) is 3.38. The Hall–Kier alpha value is -0.480.